The molecular weight excluding hydrogens is 266 g/mol. The lowest BCUT2D eigenvalue weighted by Crippen LogP contribution is -2.38. The van der Waals surface area contributed by atoms with Gasteiger partial charge in [0, 0.05) is 32.0 Å². The van der Waals surface area contributed by atoms with E-state index in [1.807, 2.05) is 0 Å². The minimum absolute atomic E-state index is 0.167. The molecule has 0 unspecified atom stereocenters. The fourth-order valence-corrected chi connectivity index (χ4v) is 2.16. The van der Waals surface area contributed by atoms with Crippen LogP contribution in [0, 0.1) is 0 Å². The molecule has 1 amide bonds. The molecule has 0 aliphatic carbocycles. The van der Waals surface area contributed by atoms with Gasteiger partial charge in [-0.3, -0.25) is 14.7 Å². The van der Waals surface area contributed by atoms with Crippen LogP contribution in [0.2, 0.25) is 5.02 Å². The number of ether oxygens (including phenoxy) is 1. The number of rotatable bonds is 5. The van der Waals surface area contributed by atoms with E-state index in [9.17, 15) is 4.79 Å². The van der Waals surface area contributed by atoms with Crippen LogP contribution in [0.1, 0.15) is 16.8 Å². The Balaban J connectivity index is 1.68. The molecule has 1 aliphatic heterocycles. The third-order valence-corrected chi connectivity index (χ3v) is 3.38. The van der Waals surface area contributed by atoms with Crippen LogP contribution in [0.5, 0.6) is 0 Å². The summed E-state index contributed by atoms with van der Waals surface area (Å²) in [5.74, 6) is -0.167. The van der Waals surface area contributed by atoms with E-state index in [1.54, 1.807) is 12.3 Å². The standard InChI is InChI=1S/C13H18ClN3O2/c14-12-2-4-15-10-11(12)13(18)16-3-1-5-17-6-8-19-9-7-17/h2,4,10H,1,3,5-9H2,(H,16,18). The van der Waals surface area contributed by atoms with Crippen molar-refractivity contribution < 1.29 is 9.53 Å². The molecule has 19 heavy (non-hydrogen) atoms. The zero-order valence-corrected chi connectivity index (χ0v) is 11.5. The molecule has 0 aromatic carbocycles. The number of pyridine rings is 1. The molecular formula is C13H18ClN3O2. The Morgan fingerprint density at radius 1 is 1.47 bits per heavy atom. The first kappa shape index (κ1) is 14.2. The average molecular weight is 284 g/mol. The molecule has 104 valence electrons. The van der Waals surface area contributed by atoms with E-state index in [2.05, 4.69) is 15.2 Å². The number of halogens is 1. The largest absolute Gasteiger partial charge is 0.379 e. The van der Waals surface area contributed by atoms with Crippen molar-refractivity contribution in [2.75, 3.05) is 39.4 Å². The quantitative estimate of drug-likeness (QED) is 0.825. The maximum atomic E-state index is 11.8. The molecule has 1 N–H and O–H groups in total. The fraction of sp³-hybridized carbons (Fsp3) is 0.538. The molecule has 2 rings (SSSR count). The highest BCUT2D eigenvalue weighted by Gasteiger charge is 2.11. The molecule has 0 atom stereocenters. The first-order valence-electron chi connectivity index (χ1n) is 6.45. The van der Waals surface area contributed by atoms with Gasteiger partial charge in [-0.15, -0.1) is 0 Å². The van der Waals surface area contributed by atoms with Crippen molar-refractivity contribution in [2.24, 2.45) is 0 Å². The van der Waals surface area contributed by atoms with Gasteiger partial charge in [0.15, 0.2) is 0 Å². The minimum Gasteiger partial charge on any atom is -0.379 e. The summed E-state index contributed by atoms with van der Waals surface area (Å²) in [4.78, 5) is 18.1. The van der Waals surface area contributed by atoms with Gasteiger partial charge in [-0.05, 0) is 19.0 Å². The number of nitrogens with zero attached hydrogens (tertiary/aromatic N) is 2. The van der Waals surface area contributed by atoms with Gasteiger partial charge in [-0.1, -0.05) is 11.6 Å². The summed E-state index contributed by atoms with van der Waals surface area (Å²) >= 11 is 5.93. The van der Waals surface area contributed by atoms with E-state index in [1.165, 1.54) is 6.20 Å². The lowest BCUT2D eigenvalue weighted by Gasteiger charge is -2.26. The van der Waals surface area contributed by atoms with Crippen molar-refractivity contribution in [1.29, 1.82) is 0 Å². The molecule has 0 bridgehead atoms. The number of amides is 1. The van der Waals surface area contributed by atoms with Crippen molar-refractivity contribution in [3.8, 4) is 0 Å². The topological polar surface area (TPSA) is 54.5 Å². The Morgan fingerprint density at radius 2 is 2.26 bits per heavy atom. The highest BCUT2D eigenvalue weighted by Crippen LogP contribution is 2.12. The predicted octanol–water partition coefficient (Wildman–Crippen LogP) is 1.19. The number of carbonyl (C=O) groups is 1. The minimum atomic E-state index is -0.167. The third-order valence-electron chi connectivity index (χ3n) is 3.05. The molecule has 2 heterocycles. The van der Waals surface area contributed by atoms with Crippen molar-refractivity contribution in [1.82, 2.24) is 15.2 Å². The summed E-state index contributed by atoms with van der Waals surface area (Å²) in [6, 6.07) is 1.62. The predicted molar refractivity (Wildman–Crippen MR) is 73.5 cm³/mol. The van der Waals surface area contributed by atoms with Gasteiger partial charge >= 0.3 is 0 Å². The van der Waals surface area contributed by atoms with Crippen LogP contribution in [0.4, 0.5) is 0 Å². The zero-order chi connectivity index (χ0) is 13.5. The first-order valence-corrected chi connectivity index (χ1v) is 6.83. The first-order chi connectivity index (χ1) is 9.27. The molecule has 5 nitrogen and oxygen atoms in total. The second-order valence-electron chi connectivity index (χ2n) is 4.42. The number of nitrogens with one attached hydrogen (secondary N) is 1. The van der Waals surface area contributed by atoms with Crippen LogP contribution < -0.4 is 5.32 Å². The van der Waals surface area contributed by atoms with Gasteiger partial charge in [0.25, 0.3) is 5.91 Å². The van der Waals surface area contributed by atoms with E-state index < -0.39 is 0 Å². The third kappa shape index (κ3) is 4.45. The van der Waals surface area contributed by atoms with Crippen molar-refractivity contribution in [2.45, 2.75) is 6.42 Å². The molecule has 1 aromatic rings. The van der Waals surface area contributed by atoms with E-state index in [0.717, 1.165) is 39.3 Å². The summed E-state index contributed by atoms with van der Waals surface area (Å²) in [7, 11) is 0. The van der Waals surface area contributed by atoms with Crippen molar-refractivity contribution in [3.63, 3.8) is 0 Å². The zero-order valence-electron chi connectivity index (χ0n) is 10.8. The van der Waals surface area contributed by atoms with Crippen LogP contribution >= 0.6 is 11.6 Å². The number of carbonyl (C=O) groups excluding carboxylic acids is 1. The highest BCUT2D eigenvalue weighted by atomic mass is 35.5. The van der Waals surface area contributed by atoms with Gasteiger partial charge in [0.05, 0.1) is 23.8 Å². The molecule has 0 spiro atoms. The van der Waals surface area contributed by atoms with E-state index in [0.29, 0.717) is 17.1 Å². The van der Waals surface area contributed by atoms with Gasteiger partial charge in [0.2, 0.25) is 0 Å². The Morgan fingerprint density at radius 3 is 3.00 bits per heavy atom. The van der Waals surface area contributed by atoms with Crippen LogP contribution in [-0.2, 0) is 4.74 Å². The second kappa shape index (κ2) is 7.43. The number of hydrogen-bond donors (Lipinski definition) is 1. The van der Waals surface area contributed by atoms with E-state index >= 15 is 0 Å². The molecule has 0 saturated carbocycles. The lowest BCUT2D eigenvalue weighted by molar-refractivity contribution is 0.0374. The van der Waals surface area contributed by atoms with Crippen LogP contribution in [0.3, 0.4) is 0 Å². The number of hydrogen-bond acceptors (Lipinski definition) is 4. The van der Waals surface area contributed by atoms with Crippen LogP contribution in [0.15, 0.2) is 18.5 Å². The van der Waals surface area contributed by atoms with Gasteiger partial charge < -0.3 is 10.1 Å². The summed E-state index contributed by atoms with van der Waals surface area (Å²) < 4.78 is 5.28. The molecule has 1 saturated heterocycles. The maximum absolute atomic E-state index is 11.8. The summed E-state index contributed by atoms with van der Waals surface area (Å²) in [5.41, 5.74) is 0.426. The molecule has 1 fully saturated rings. The normalized spacial score (nSPS) is 16.3. The maximum Gasteiger partial charge on any atom is 0.254 e. The summed E-state index contributed by atoms with van der Waals surface area (Å²) in [5, 5.41) is 3.29. The average Bonchev–Trinajstić information content (AvgIpc) is 2.45. The van der Waals surface area contributed by atoms with Gasteiger partial charge in [-0.2, -0.15) is 0 Å². The Hall–Kier alpha value is -1.17. The van der Waals surface area contributed by atoms with Crippen molar-refractivity contribution in [3.05, 3.63) is 29.0 Å². The van der Waals surface area contributed by atoms with Gasteiger partial charge in [0.1, 0.15) is 0 Å². The number of morpholine rings is 1. The smallest absolute Gasteiger partial charge is 0.254 e. The van der Waals surface area contributed by atoms with E-state index in [4.69, 9.17) is 16.3 Å². The summed E-state index contributed by atoms with van der Waals surface area (Å²) in [6.07, 6.45) is 3.97. The van der Waals surface area contributed by atoms with Gasteiger partial charge in [-0.25, -0.2) is 0 Å². The fourth-order valence-electron chi connectivity index (χ4n) is 1.97. The van der Waals surface area contributed by atoms with Crippen molar-refractivity contribution >= 4 is 17.5 Å². The van der Waals surface area contributed by atoms with Crippen LogP contribution in [0.25, 0.3) is 0 Å². The molecule has 0 radical (unpaired) electrons. The second-order valence-corrected chi connectivity index (χ2v) is 4.83. The monoisotopic (exact) mass is 283 g/mol. The molecule has 1 aromatic heterocycles. The molecule has 1 aliphatic rings. The number of aromatic nitrogens is 1. The molecule has 6 heteroatoms. The lowest BCUT2D eigenvalue weighted by atomic mass is 10.2. The Kier molecular flexibility index (Phi) is 5.57. The Labute approximate surface area is 117 Å². The Bertz CT molecular complexity index is 422. The van der Waals surface area contributed by atoms with E-state index in [-0.39, 0.29) is 5.91 Å². The SMILES string of the molecule is O=C(NCCCN1CCOCC1)c1cnccc1Cl. The highest BCUT2D eigenvalue weighted by molar-refractivity contribution is 6.33. The van der Waals surface area contributed by atoms with Crippen LogP contribution in [-0.4, -0.2) is 55.2 Å². The summed E-state index contributed by atoms with van der Waals surface area (Å²) in [6.45, 7) is 5.17.